The first-order chi connectivity index (χ1) is 7.93. The van der Waals surface area contributed by atoms with E-state index in [9.17, 15) is 12.8 Å². The molecular formula is C11H16FNO3S. The molecule has 0 saturated heterocycles. The highest BCUT2D eigenvalue weighted by molar-refractivity contribution is 7.88. The molecule has 6 heteroatoms. The minimum Gasteiger partial charge on any atom is -0.380 e. The summed E-state index contributed by atoms with van der Waals surface area (Å²) in [6.45, 7) is 1.99. The third-order valence-electron chi connectivity index (χ3n) is 2.26. The molecule has 96 valence electrons. The zero-order chi connectivity index (χ0) is 12.9. The van der Waals surface area contributed by atoms with Gasteiger partial charge in [0.2, 0.25) is 10.0 Å². The van der Waals surface area contributed by atoms with Crippen molar-refractivity contribution in [1.29, 1.82) is 0 Å². The van der Waals surface area contributed by atoms with Gasteiger partial charge in [0.25, 0.3) is 0 Å². The van der Waals surface area contributed by atoms with Crippen LogP contribution >= 0.6 is 0 Å². The molecule has 0 bridgehead atoms. The van der Waals surface area contributed by atoms with Crippen LogP contribution in [0, 0.1) is 5.82 Å². The van der Waals surface area contributed by atoms with E-state index in [1.807, 2.05) is 0 Å². The van der Waals surface area contributed by atoms with E-state index in [-0.39, 0.29) is 24.2 Å². The van der Waals surface area contributed by atoms with Crippen molar-refractivity contribution >= 4 is 10.0 Å². The van der Waals surface area contributed by atoms with E-state index < -0.39 is 10.0 Å². The molecule has 0 aliphatic heterocycles. The number of hydrogen-bond donors (Lipinski definition) is 1. The quantitative estimate of drug-likeness (QED) is 0.839. The summed E-state index contributed by atoms with van der Waals surface area (Å²) in [7, 11) is -1.89. The fraction of sp³-hybridized carbons (Fsp3) is 0.455. The van der Waals surface area contributed by atoms with Gasteiger partial charge in [0.1, 0.15) is 5.82 Å². The first-order valence-corrected chi connectivity index (χ1v) is 6.83. The van der Waals surface area contributed by atoms with Crippen molar-refractivity contribution in [1.82, 2.24) is 4.72 Å². The Kier molecular flexibility index (Phi) is 5.04. The number of nitrogens with one attached hydrogen (secondary N) is 1. The van der Waals surface area contributed by atoms with E-state index in [0.29, 0.717) is 5.56 Å². The summed E-state index contributed by atoms with van der Waals surface area (Å²) >= 11 is 0. The van der Waals surface area contributed by atoms with Crippen molar-refractivity contribution < 1.29 is 17.5 Å². The van der Waals surface area contributed by atoms with Crippen molar-refractivity contribution in [2.45, 2.75) is 18.8 Å². The Balaban J connectivity index is 2.57. The smallest absolute Gasteiger partial charge is 0.215 e. The molecule has 0 aromatic heterocycles. The van der Waals surface area contributed by atoms with Crippen molar-refractivity contribution in [3.8, 4) is 0 Å². The molecule has 0 aliphatic rings. The van der Waals surface area contributed by atoms with Gasteiger partial charge < -0.3 is 4.74 Å². The second-order valence-electron chi connectivity index (χ2n) is 3.78. The maximum atomic E-state index is 12.6. The van der Waals surface area contributed by atoms with E-state index in [1.54, 1.807) is 6.92 Å². The first-order valence-electron chi connectivity index (χ1n) is 5.17. The Morgan fingerprint density at radius 3 is 2.47 bits per heavy atom. The number of rotatable bonds is 6. The van der Waals surface area contributed by atoms with Crippen molar-refractivity contribution in [2.24, 2.45) is 0 Å². The molecule has 1 N–H and O–H groups in total. The van der Waals surface area contributed by atoms with Crippen LogP contribution in [-0.2, 0) is 20.5 Å². The van der Waals surface area contributed by atoms with Crippen LogP contribution in [0.2, 0.25) is 0 Å². The highest BCUT2D eigenvalue weighted by Crippen LogP contribution is 2.06. The highest BCUT2D eigenvalue weighted by atomic mass is 32.2. The number of methoxy groups -OCH3 is 1. The summed E-state index contributed by atoms with van der Waals surface area (Å²) in [5.74, 6) is -0.545. The van der Waals surface area contributed by atoms with Crippen molar-refractivity contribution in [2.75, 3.05) is 13.7 Å². The third kappa shape index (κ3) is 5.25. The van der Waals surface area contributed by atoms with E-state index in [2.05, 4.69) is 4.72 Å². The molecule has 0 aliphatic carbocycles. The molecule has 1 unspecified atom stereocenters. The van der Waals surface area contributed by atoms with Crippen LogP contribution in [-0.4, -0.2) is 28.2 Å². The van der Waals surface area contributed by atoms with Crippen LogP contribution < -0.4 is 4.72 Å². The normalized spacial score (nSPS) is 13.6. The van der Waals surface area contributed by atoms with E-state index in [0.717, 1.165) is 0 Å². The van der Waals surface area contributed by atoms with Gasteiger partial charge >= 0.3 is 0 Å². The van der Waals surface area contributed by atoms with Gasteiger partial charge in [-0.1, -0.05) is 12.1 Å². The van der Waals surface area contributed by atoms with Crippen molar-refractivity contribution in [3.63, 3.8) is 0 Å². The molecule has 0 saturated carbocycles. The Bertz CT molecular complexity index is 444. The maximum absolute atomic E-state index is 12.6. The number of sulfonamides is 1. The summed E-state index contributed by atoms with van der Waals surface area (Å²) in [6, 6.07) is 5.38. The van der Waals surface area contributed by atoms with Crippen LogP contribution in [0.1, 0.15) is 12.5 Å². The predicted octanol–water partition coefficient (Wildman–Crippen LogP) is 1.28. The van der Waals surface area contributed by atoms with Gasteiger partial charge in [-0.3, -0.25) is 0 Å². The summed E-state index contributed by atoms with van der Waals surface area (Å²) in [5.41, 5.74) is 0.545. The average molecular weight is 261 g/mol. The van der Waals surface area contributed by atoms with Crippen LogP contribution in [0.15, 0.2) is 24.3 Å². The number of ether oxygens (including phenoxy) is 1. The number of benzene rings is 1. The van der Waals surface area contributed by atoms with Crippen LogP contribution in [0.4, 0.5) is 4.39 Å². The van der Waals surface area contributed by atoms with Gasteiger partial charge in [0.05, 0.1) is 11.9 Å². The van der Waals surface area contributed by atoms with E-state index in [1.165, 1.54) is 31.4 Å². The van der Waals surface area contributed by atoms with Gasteiger partial charge in [-0.05, 0) is 24.6 Å². The zero-order valence-corrected chi connectivity index (χ0v) is 10.6. The number of halogens is 1. The monoisotopic (exact) mass is 261 g/mol. The largest absolute Gasteiger partial charge is 0.380 e. The molecule has 0 fully saturated rings. The van der Waals surface area contributed by atoms with Gasteiger partial charge in [0, 0.05) is 13.7 Å². The SMILES string of the molecule is COC(C)CNS(=O)(=O)Cc1ccc(F)cc1. The summed E-state index contributed by atoms with van der Waals surface area (Å²) < 4.78 is 43.3. The van der Waals surface area contributed by atoms with Crippen LogP contribution in [0.25, 0.3) is 0 Å². The average Bonchev–Trinajstić information content (AvgIpc) is 2.29. The lowest BCUT2D eigenvalue weighted by molar-refractivity contribution is 0.122. The molecule has 17 heavy (non-hydrogen) atoms. The molecule has 1 aromatic carbocycles. The molecule has 0 heterocycles. The van der Waals surface area contributed by atoms with E-state index in [4.69, 9.17) is 4.74 Å². The minimum atomic E-state index is -3.41. The Morgan fingerprint density at radius 1 is 1.35 bits per heavy atom. The Morgan fingerprint density at radius 2 is 1.94 bits per heavy atom. The van der Waals surface area contributed by atoms with Gasteiger partial charge in [0.15, 0.2) is 0 Å². The second-order valence-corrected chi connectivity index (χ2v) is 5.59. The summed E-state index contributed by atoms with van der Waals surface area (Å²) in [5, 5.41) is 0. The van der Waals surface area contributed by atoms with E-state index >= 15 is 0 Å². The highest BCUT2D eigenvalue weighted by Gasteiger charge is 2.12. The lowest BCUT2D eigenvalue weighted by Gasteiger charge is -2.11. The topological polar surface area (TPSA) is 55.4 Å². The standard InChI is InChI=1S/C11H16FNO3S/c1-9(16-2)7-13-17(14,15)8-10-3-5-11(12)6-4-10/h3-6,9,13H,7-8H2,1-2H3. The predicted molar refractivity (Wildman–Crippen MR) is 63.5 cm³/mol. The summed E-state index contributed by atoms with van der Waals surface area (Å²) in [4.78, 5) is 0. The fourth-order valence-corrected chi connectivity index (χ4v) is 2.40. The maximum Gasteiger partial charge on any atom is 0.215 e. The van der Waals surface area contributed by atoms with Gasteiger partial charge in [-0.25, -0.2) is 17.5 Å². The van der Waals surface area contributed by atoms with Gasteiger partial charge in [-0.15, -0.1) is 0 Å². The molecule has 0 spiro atoms. The first kappa shape index (κ1) is 14.1. The van der Waals surface area contributed by atoms with Crippen LogP contribution in [0.3, 0.4) is 0 Å². The zero-order valence-electron chi connectivity index (χ0n) is 9.81. The number of hydrogen-bond acceptors (Lipinski definition) is 3. The molecule has 0 amide bonds. The van der Waals surface area contributed by atoms with Crippen LogP contribution in [0.5, 0.6) is 0 Å². The molecular weight excluding hydrogens is 245 g/mol. The van der Waals surface area contributed by atoms with Gasteiger partial charge in [-0.2, -0.15) is 0 Å². The lowest BCUT2D eigenvalue weighted by Crippen LogP contribution is -2.32. The Labute approximate surface area is 101 Å². The molecule has 1 rings (SSSR count). The molecule has 0 radical (unpaired) electrons. The van der Waals surface area contributed by atoms with Crippen molar-refractivity contribution in [3.05, 3.63) is 35.6 Å². The minimum absolute atomic E-state index is 0.163. The Hall–Kier alpha value is -0.980. The fourth-order valence-electron chi connectivity index (χ4n) is 1.18. The molecule has 1 aromatic rings. The summed E-state index contributed by atoms with van der Waals surface area (Å²) in [6.07, 6.45) is -0.182. The second kappa shape index (κ2) is 6.09. The lowest BCUT2D eigenvalue weighted by atomic mass is 10.2. The molecule has 4 nitrogen and oxygen atoms in total. The molecule has 1 atom stereocenters. The third-order valence-corrected chi connectivity index (χ3v) is 3.58.